The summed E-state index contributed by atoms with van der Waals surface area (Å²) in [5.41, 5.74) is 0. The van der Waals surface area contributed by atoms with Gasteiger partial charge in [0, 0.05) is 13.7 Å². The third-order valence-corrected chi connectivity index (χ3v) is 1.19. The smallest absolute Gasteiger partial charge is 0.0906 e. The van der Waals surface area contributed by atoms with Crippen LogP contribution in [0.2, 0.25) is 0 Å². The van der Waals surface area contributed by atoms with Crippen molar-refractivity contribution in [3.8, 4) is 0 Å². The molecular formula is C7H16FNO. The summed E-state index contributed by atoms with van der Waals surface area (Å²) in [5.74, 6) is 0. The fourth-order valence-electron chi connectivity index (χ4n) is 0.658. The molecule has 3 heteroatoms. The highest BCUT2D eigenvalue weighted by molar-refractivity contribution is 4.46. The lowest BCUT2D eigenvalue weighted by Crippen LogP contribution is -2.18. The number of hydrogen-bond acceptors (Lipinski definition) is 2. The monoisotopic (exact) mass is 149 g/mol. The van der Waals surface area contributed by atoms with Crippen molar-refractivity contribution in [3.05, 3.63) is 0 Å². The second-order valence-electron chi connectivity index (χ2n) is 2.14. The average molecular weight is 149 g/mol. The van der Waals surface area contributed by atoms with Gasteiger partial charge in [0.1, 0.15) is 0 Å². The van der Waals surface area contributed by atoms with Crippen LogP contribution in [0.4, 0.5) is 4.39 Å². The maximum atomic E-state index is 11.5. The molecule has 0 bridgehead atoms. The summed E-state index contributed by atoms with van der Waals surface area (Å²) in [6.45, 7) is 2.26. The van der Waals surface area contributed by atoms with E-state index in [0.29, 0.717) is 6.42 Å². The zero-order chi connectivity index (χ0) is 7.66. The number of alkyl halides is 1. The molecule has 10 heavy (non-hydrogen) atoms. The minimum absolute atomic E-state index is 0.225. The van der Waals surface area contributed by atoms with E-state index in [2.05, 4.69) is 5.32 Å². The highest BCUT2D eigenvalue weighted by atomic mass is 19.1. The number of hydrogen-bond donors (Lipinski definition) is 1. The van der Waals surface area contributed by atoms with Gasteiger partial charge in [-0.15, -0.1) is 0 Å². The zero-order valence-corrected chi connectivity index (χ0v) is 6.53. The van der Waals surface area contributed by atoms with Gasteiger partial charge in [-0.05, 0) is 25.9 Å². The van der Waals surface area contributed by atoms with Crippen molar-refractivity contribution in [3.63, 3.8) is 0 Å². The van der Waals surface area contributed by atoms with E-state index >= 15 is 0 Å². The van der Waals surface area contributed by atoms with E-state index < -0.39 is 0 Å². The molecule has 0 rings (SSSR count). The molecular weight excluding hydrogens is 133 g/mol. The Hall–Kier alpha value is -0.150. The van der Waals surface area contributed by atoms with E-state index in [0.717, 1.165) is 26.1 Å². The fourth-order valence-corrected chi connectivity index (χ4v) is 0.658. The number of ether oxygens (including phenoxy) is 1. The van der Waals surface area contributed by atoms with E-state index in [9.17, 15) is 4.39 Å². The van der Waals surface area contributed by atoms with Gasteiger partial charge in [-0.25, -0.2) is 0 Å². The van der Waals surface area contributed by atoms with Gasteiger partial charge in [0.15, 0.2) is 0 Å². The predicted octanol–water partition coefficient (Wildman–Crippen LogP) is 0.972. The summed E-state index contributed by atoms with van der Waals surface area (Å²) >= 11 is 0. The lowest BCUT2D eigenvalue weighted by atomic mass is 10.4. The van der Waals surface area contributed by atoms with Crippen LogP contribution in [0.3, 0.4) is 0 Å². The number of nitrogens with one attached hydrogen (secondary N) is 1. The van der Waals surface area contributed by atoms with Crippen molar-refractivity contribution in [1.82, 2.24) is 5.32 Å². The molecule has 0 atom stereocenters. The molecule has 0 aliphatic carbocycles. The normalized spacial score (nSPS) is 10.2. The Morgan fingerprint density at radius 3 is 2.60 bits per heavy atom. The van der Waals surface area contributed by atoms with Gasteiger partial charge in [-0.3, -0.25) is 4.39 Å². The van der Waals surface area contributed by atoms with Crippen LogP contribution in [0.25, 0.3) is 0 Å². The summed E-state index contributed by atoms with van der Waals surface area (Å²) < 4.78 is 16.3. The lowest BCUT2D eigenvalue weighted by molar-refractivity contribution is 0.194. The van der Waals surface area contributed by atoms with Crippen molar-refractivity contribution in [2.24, 2.45) is 0 Å². The Labute approximate surface area is 61.8 Å². The van der Waals surface area contributed by atoms with Crippen LogP contribution >= 0.6 is 0 Å². The van der Waals surface area contributed by atoms with Crippen LogP contribution in [0.15, 0.2) is 0 Å². The first-order valence-electron chi connectivity index (χ1n) is 3.67. The molecule has 0 saturated carbocycles. The Morgan fingerprint density at radius 1 is 1.30 bits per heavy atom. The van der Waals surface area contributed by atoms with Gasteiger partial charge >= 0.3 is 0 Å². The third kappa shape index (κ3) is 7.85. The number of rotatable bonds is 7. The minimum Gasteiger partial charge on any atom is -0.385 e. The maximum Gasteiger partial charge on any atom is 0.0906 e. The van der Waals surface area contributed by atoms with Gasteiger partial charge in [-0.1, -0.05) is 0 Å². The van der Waals surface area contributed by atoms with Gasteiger partial charge < -0.3 is 10.1 Å². The molecule has 1 N–H and O–H groups in total. The van der Waals surface area contributed by atoms with Crippen molar-refractivity contribution >= 4 is 0 Å². The first-order valence-corrected chi connectivity index (χ1v) is 3.67. The zero-order valence-electron chi connectivity index (χ0n) is 6.53. The van der Waals surface area contributed by atoms with Crippen molar-refractivity contribution < 1.29 is 9.13 Å². The summed E-state index contributed by atoms with van der Waals surface area (Å²) in [6.07, 6.45) is 1.62. The highest BCUT2D eigenvalue weighted by Gasteiger charge is 1.86. The molecule has 0 heterocycles. The van der Waals surface area contributed by atoms with Gasteiger partial charge in [0.25, 0.3) is 0 Å². The van der Waals surface area contributed by atoms with E-state index in [1.54, 1.807) is 7.11 Å². The molecule has 0 fully saturated rings. The molecule has 0 aromatic heterocycles. The fraction of sp³-hybridized carbons (Fsp3) is 1.00. The van der Waals surface area contributed by atoms with Crippen molar-refractivity contribution in [2.45, 2.75) is 12.8 Å². The largest absolute Gasteiger partial charge is 0.385 e. The number of halogens is 1. The van der Waals surface area contributed by atoms with Crippen LogP contribution in [-0.2, 0) is 4.74 Å². The molecule has 0 radical (unpaired) electrons. The molecule has 0 aliphatic heterocycles. The number of methoxy groups -OCH3 is 1. The standard InChI is InChI=1S/C7H16FNO/c1-10-7-3-6-9-5-2-4-8/h9H,2-7H2,1H3. The van der Waals surface area contributed by atoms with E-state index in [1.807, 2.05) is 0 Å². The quantitative estimate of drug-likeness (QED) is 0.545. The van der Waals surface area contributed by atoms with Gasteiger partial charge in [0.2, 0.25) is 0 Å². The lowest BCUT2D eigenvalue weighted by Gasteiger charge is -2.00. The third-order valence-electron chi connectivity index (χ3n) is 1.19. The summed E-state index contributed by atoms with van der Waals surface area (Å²) in [7, 11) is 1.68. The van der Waals surface area contributed by atoms with Crippen molar-refractivity contribution in [2.75, 3.05) is 33.5 Å². The molecule has 0 aliphatic rings. The van der Waals surface area contributed by atoms with Gasteiger partial charge in [-0.2, -0.15) is 0 Å². The maximum absolute atomic E-state index is 11.5. The molecule has 0 spiro atoms. The molecule has 0 aromatic rings. The van der Waals surface area contributed by atoms with Crippen LogP contribution in [0.5, 0.6) is 0 Å². The second-order valence-corrected chi connectivity index (χ2v) is 2.14. The summed E-state index contributed by atoms with van der Waals surface area (Å²) in [5, 5.41) is 3.10. The highest BCUT2D eigenvalue weighted by Crippen LogP contribution is 1.79. The first-order chi connectivity index (χ1) is 4.91. The molecule has 0 unspecified atom stereocenters. The Morgan fingerprint density at radius 2 is 2.00 bits per heavy atom. The molecule has 0 saturated heterocycles. The predicted molar refractivity (Wildman–Crippen MR) is 40.0 cm³/mol. The Balaban J connectivity index is 2.65. The first kappa shape index (κ1) is 9.85. The Kier molecular flexibility index (Phi) is 8.72. The van der Waals surface area contributed by atoms with Gasteiger partial charge in [0.05, 0.1) is 6.67 Å². The molecule has 0 aromatic carbocycles. The molecule has 2 nitrogen and oxygen atoms in total. The average Bonchev–Trinajstić information content (AvgIpc) is 1.97. The molecule has 62 valence electrons. The van der Waals surface area contributed by atoms with Crippen LogP contribution in [0.1, 0.15) is 12.8 Å². The van der Waals surface area contributed by atoms with Crippen LogP contribution in [0, 0.1) is 0 Å². The molecule has 0 amide bonds. The SMILES string of the molecule is COCCCNCCCF. The van der Waals surface area contributed by atoms with E-state index in [-0.39, 0.29) is 6.67 Å². The minimum atomic E-state index is -0.225. The summed E-state index contributed by atoms with van der Waals surface area (Å²) in [6, 6.07) is 0. The Bertz CT molecular complexity index is 53.6. The summed E-state index contributed by atoms with van der Waals surface area (Å²) in [4.78, 5) is 0. The van der Waals surface area contributed by atoms with Crippen molar-refractivity contribution in [1.29, 1.82) is 0 Å². The van der Waals surface area contributed by atoms with E-state index in [1.165, 1.54) is 0 Å². The van der Waals surface area contributed by atoms with Crippen LogP contribution < -0.4 is 5.32 Å². The second kappa shape index (κ2) is 8.85. The van der Waals surface area contributed by atoms with Crippen LogP contribution in [-0.4, -0.2) is 33.5 Å². The van der Waals surface area contributed by atoms with E-state index in [4.69, 9.17) is 4.74 Å². The topological polar surface area (TPSA) is 21.3 Å².